The molecule has 2 aliphatic rings. The first-order valence-electron chi connectivity index (χ1n) is 4.57. The molecule has 0 radical (unpaired) electrons. The lowest BCUT2D eigenvalue weighted by Crippen LogP contribution is -2.43. The first-order valence-corrected chi connectivity index (χ1v) is 4.57. The summed E-state index contributed by atoms with van der Waals surface area (Å²) in [7, 11) is 0. The molecule has 2 rings (SSSR count). The molecule has 0 bridgehead atoms. The van der Waals surface area contributed by atoms with Crippen LogP contribution in [0.4, 0.5) is 0 Å². The van der Waals surface area contributed by atoms with E-state index in [9.17, 15) is 14.7 Å². The van der Waals surface area contributed by atoms with Gasteiger partial charge in [0.2, 0.25) is 0 Å². The van der Waals surface area contributed by atoms with E-state index in [2.05, 4.69) is 0 Å². The summed E-state index contributed by atoms with van der Waals surface area (Å²) in [5.41, 5.74) is -0.712. The molecule has 1 spiro atoms. The molecule has 72 valence electrons. The summed E-state index contributed by atoms with van der Waals surface area (Å²) in [4.78, 5) is 21.8. The molecule has 0 amide bonds. The van der Waals surface area contributed by atoms with Crippen LogP contribution < -0.4 is 5.11 Å². The van der Waals surface area contributed by atoms with E-state index in [-0.39, 0.29) is 6.42 Å². The minimum absolute atomic E-state index is 0.0116. The predicted molar refractivity (Wildman–Crippen MR) is 40.4 cm³/mol. The molecule has 1 aliphatic heterocycles. The first kappa shape index (κ1) is 8.53. The first-order chi connectivity index (χ1) is 6.14. The summed E-state index contributed by atoms with van der Waals surface area (Å²) in [6.07, 6.45) is 3.23. The number of rotatable bonds is 1. The topological polar surface area (TPSA) is 66.4 Å². The van der Waals surface area contributed by atoms with Gasteiger partial charge >= 0.3 is 5.97 Å². The fourth-order valence-electron chi connectivity index (χ4n) is 2.41. The van der Waals surface area contributed by atoms with E-state index in [4.69, 9.17) is 4.74 Å². The Morgan fingerprint density at radius 1 is 1.46 bits per heavy atom. The number of carboxylic acids is 1. The highest BCUT2D eigenvalue weighted by Crippen LogP contribution is 2.45. The highest BCUT2D eigenvalue weighted by Gasteiger charge is 2.51. The Balaban J connectivity index is 2.25. The number of carbonyl (C=O) groups is 2. The van der Waals surface area contributed by atoms with Gasteiger partial charge in [0.15, 0.2) is 0 Å². The van der Waals surface area contributed by atoms with E-state index < -0.39 is 23.5 Å². The van der Waals surface area contributed by atoms with Crippen molar-refractivity contribution < 1.29 is 19.4 Å². The SMILES string of the molecule is O=C1C[C@@H](C(=O)[O-])C2(CCCC2)O1. The van der Waals surface area contributed by atoms with E-state index in [1.165, 1.54) is 0 Å². The monoisotopic (exact) mass is 183 g/mol. The van der Waals surface area contributed by atoms with E-state index in [1.54, 1.807) is 0 Å². The number of carbonyl (C=O) groups excluding carboxylic acids is 2. The third-order valence-electron chi connectivity index (χ3n) is 3.06. The van der Waals surface area contributed by atoms with Gasteiger partial charge in [0.25, 0.3) is 0 Å². The molecule has 4 nitrogen and oxygen atoms in total. The lowest BCUT2D eigenvalue weighted by Gasteiger charge is -2.29. The van der Waals surface area contributed by atoms with Gasteiger partial charge in [-0.05, 0) is 25.7 Å². The average Bonchev–Trinajstić information content (AvgIpc) is 2.60. The van der Waals surface area contributed by atoms with Gasteiger partial charge in [0, 0.05) is 11.9 Å². The molecule has 0 N–H and O–H groups in total. The third-order valence-corrected chi connectivity index (χ3v) is 3.06. The van der Waals surface area contributed by atoms with Crippen LogP contribution in [0.3, 0.4) is 0 Å². The fourth-order valence-corrected chi connectivity index (χ4v) is 2.41. The Labute approximate surface area is 75.9 Å². The molecule has 1 saturated carbocycles. The normalized spacial score (nSPS) is 30.8. The summed E-state index contributed by atoms with van der Waals surface area (Å²) in [6.45, 7) is 0. The summed E-state index contributed by atoms with van der Waals surface area (Å²) in [5, 5.41) is 10.8. The molecule has 1 atom stereocenters. The Kier molecular flexibility index (Phi) is 1.78. The number of ether oxygens (including phenoxy) is 1. The quantitative estimate of drug-likeness (QED) is 0.519. The number of hydrogen-bond acceptors (Lipinski definition) is 4. The van der Waals surface area contributed by atoms with Crippen molar-refractivity contribution in [3.05, 3.63) is 0 Å². The molecule has 1 aliphatic carbocycles. The second kappa shape index (κ2) is 2.72. The van der Waals surface area contributed by atoms with Crippen molar-refractivity contribution in [2.24, 2.45) is 5.92 Å². The Morgan fingerprint density at radius 2 is 2.08 bits per heavy atom. The van der Waals surface area contributed by atoms with Crippen LogP contribution in [0.5, 0.6) is 0 Å². The van der Waals surface area contributed by atoms with E-state index >= 15 is 0 Å². The Hall–Kier alpha value is -1.06. The standard InChI is InChI=1S/C9H12O4/c10-7-5-6(8(11)12)9(13-7)3-1-2-4-9/h6H,1-5H2,(H,11,12)/p-1/t6-/m0/s1. The van der Waals surface area contributed by atoms with Crippen molar-refractivity contribution in [3.8, 4) is 0 Å². The van der Waals surface area contributed by atoms with Crippen molar-refractivity contribution in [3.63, 3.8) is 0 Å². The second-order valence-electron chi connectivity index (χ2n) is 3.82. The Bertz CT molecular complexity index is 252. The zero-order valence-electron chi connectivity index (χ0n) is 7.25. The van der Waals surface area contributed by atoms with Gasteiger partial charge in [0.1, 0.15) is 5.60 Å². The van der Waals surface area contributed by atoms with Gasteiger partial charge in [-0.15, -0.1) is 0 Å². The van der Waals surface area contributed by atoms with E-state index in [0.29, 0.717) is 12.8 Å². The zero-order chi connectivity index (χ0) is 9.47. The minimum Gasteiger partial charge on any atom is -0.550 e. The molecular formula is C9H11O4-. The molecule has 1 saturated heterocycles. The molecule has 4 heteroatoms. The number of aliphatic carboxylic acids is 1. The highest BCUT2D eigenvalue weighted by molar-refractivity contribution is 5.82. The largest absolute Gasteiger partial charge is 0.550 e. The lowest BCUT2D eigenvalue weighted by molar-refractivity contribution is -0.315. The van der Waals surface area contributed by atoms with Crippen molar-refractivity contribution >= 4 is 11.9 Å². The van der Waals surface area contributed by atoms with Gasteiger partial charge in [-0.2, -0.15) is 0 Å². The van der Waals surface area contributed by atoms with Crippen LogP contribution in [-0.4, -0.2) is 17.5 Å². The average molecular weight is 183 g/mol. The van der Waals surface area contributed by atoms with Gasteiger partial charge in [0.05, 0.1) is 6.42 Å². The maximum Gasteiger partial charge on any atom is 0.307 e. The molecular weight excluding hydrogens is 172 g/mol. The van der Waals surface area contributed by atoms with E-state index in [0.717, 1.165) is 12.8 Å². The number of esters is 1. The third kappa shape index (κ3) is 1.20. The number of carboxylic acid groups (broad SMARTS) is 1. The molecule has 1 heterocycles. The minimum atomic E-state index is -1.15. The highest BCUT2D eigenvalue weighted by atomic mass is 16.6. The molecule has 0 unspecified atom stereocenters. The van der Waals surface area contributed by atoms with Crippen LogP contribution >= 0.6 is 0 Å². The predicted octanol–water partition coefficient (Wildman–Crippen LogP) is -0.388. The molecule has 2 fully saturated rings. The van der Waals surface area contributed by atoms with Crippen LogP contribution in [0.1, 0.15) is 32.1 Å². The van der Waals surface area contributed by atoms with Gasteiger partial charge < -0.3 is 14.6 Å². The van der Waals surface area contributed by atoms with Crippen LogP contribution in [0, 0.1) is 5.92 Å². The molecule has 0 aromatic rings. The van der Waals surface area contributed by atoms with Gasteiger partial charge in [-0.25, -0.2) is 0 Å². The fraction of sp³-hybridized carbons (Fsp3) is 0.778. The summed E-state index contributed by atoms with van der Waals surface area (Å²) in [6, 6.07) is 0. The summed E-state index contributed by atoms with van der Waals surface area (Å²) in [5.74, 6) is -2.26. The smallest absolute Gasteiger partial charge is 0.307 e. The van der Waals surface area contributed by atoms with Crippen LogP contribution in [0.25, 0.3) is 0 Å². The maximum atomic E-state index is 11.0. The number of hydrogen-bond donors (Lipinski definition) is 0. The maximum absolute atomic E-state index is 11.0. The molecule has 13 heavy (non-hydrogen) atoms. The van der Waals surface area contributed by atoms with Crippen LogP contribution in [-0.2, 0) is 14.3 Å². The van der Waals surface area contributed by atoms with Crippen LogP contribution in [0.15, 0.2) is 0 Å². The molecule has 0 aromatic heterocycles. The van der Waals surface area contributed by atoms with Crippen molar-refractivity contribution in [2.75, 3.05) is 0 Å². The lowest BCUT2D eigenvalue weighted by atomic mass is 9.86. The zero-order valence-corrected chi connectivity index (χ0v) is 7.25. The van der Waals surface area contributed by atoms with Gasteiger partial charge in [-0.1, -0.05) is 0 Å². The van der Waals surface area contributed by atoms with E-state index in [1.807, 2.05) is 0 Å². The van der Waals surface area contributed by atoms with Crippen LogP contribution in [0.2, 0.25) is 0 Å². The van der Waals surface area contributed by atoms with Gasteiger partial charge in [-0.3, -0.25) is 4.79 Å². The summed E-state index contributed by atoms with van der Waals surface area (Å²) < 4.78 is 5.12. The Morgan fingerprint density at radius 3 is 2.62 bits per heavy atom. The second-order valence-corrected chi connectivity index (χ2v) is 3.82. The van der Waals surface area contributed by atoms with Crippen molar-refractivity contribution in [2.45, 2.75) is 37.7 Å². The summed E-state index contributed by atoms with van der Waals surface area (Å²) >= 11 is 0. The van der Waals surface area contributed by atoms with Crippen molar-refractivity contribution in [1.82, 2.24) is 0 Å². The molecule has 0 aromatic carbocycles. The van der Waals surface area contributed by atoms with Crippen molar-refractivity contribution in [1.29, 1.82) is 0 Å².